The van der Waals surface area contributed by atoms with Gasteiger partial charge < -0.3 is 14.2 Å². The average Bonchev–Trinajstić information content (AvgIpc) is 3.39. The van der Waals surface area contributed by atoms with Crippen LogP contribution >= 0.6 is 0 Å². The van der Waals surface area contributed by atoms with Gasteiger partial charge in [0, 0.05) is 19.3 Å². The van der Waals surface area contributed by atoms with Crippen LogP contribution in [0.15, 0.2) is 122 Å². The Bertz CT molecular complexity index is 1540. The van der Waals surface area contributed by atoms with Gasteiger partial charge in [0.05, 0.1) is 0 Å². The van der Waals surface area contributed by atoms with E-state index in [-0.39, 0.29) is 31.1 Å². The molecule has 0 saturated heterocycles. The molecule has 0 aliphatic heterocycles. The number of carbonyl (C=O) groups is 3. The molecule has 0 saturated carbocycles. The van der Waals surface area contributed by atoms with Crippen LogP contribution in [0.4, 0.5) is 0 Å². The van der Waals surface area contributed by atoms with Gasteiger partial charge in [0.1, 0.15) is 13.2 Å². The summed E-state index contributed by atoms with van der Waals surface area (Å²) in [4.78, 5) is 38.0. The Labute approximate surface area is 450 Å². The molecule has 1 atom stereocenters. The highest BCUT2D eigenvalue weighted by Gasteiger charge is 2.19. The first-order valence-corrected chi connectivity index (χ1v) is 30.0. The Kier molecular flexibility index (Phi) is 56.9. The van der Waals surface area contributed by atoms with Crippen molar-refractivity contribution in [1.29, 1.82) is 0 Å². The smallest absolute Gasteiger partial charge is 0.306 e. The zero-order chi connectivity index (χ0) is 52.9. The quantitative estimate of drug-likeness (QED) is 0.0261. The molecule has 73 heavy (non-hydrogen) atoms. The summed E-state index contributed by atoms with van der Waals surface area (Å²) in [5.41, 5.74) is 0. The van der Waals surface area contributed by atoms with Gasteiger partial charge in [-0.3, -0.25) is 14.4 Å². The molecule has 0 fully saturated rings. The zero-order valence-corrected chi connectivity index (χ0v) is 47.4. The lowest BCUT2D eigenvalue weighted by molar-refractivity contribution is -0.167. The molecular weight excluding hydrogens is 901 g/mol. The van der Waals surface area contributed by atoms with Crippen molar-refractivity contribution in [2.45, 2.75) is 271 Å². The lowest BCUT2D eigenvalue weighted by Gasteiger charge is -2.18. The fraction of sp³-hybridized carbons (Fsp3) is 0.657. The van der Waals surface area contributed by atoms with Crippen LogP contribution in [0.2, 0.25) is 0 Å². The topological polar surface area (TPSA) is 78.9 Å². The predicted molar refractivity (Wildman–Crippen MR) is 316 cm³/mol. The number of hydrogen-bond acceptors (Lipinski definition) is 6. The molecule has 0 rings (SSSR count). The molecule has 0 aliphatic carbocycles. The summed E-state index contributed by atoms with van der Waals surface area (Å²) in [7, 11) is 0. The molecule has 0 aromatic rings. The van der Waals surface area contributed by atoms with Crippen molar-refractivity contribution in [2.75, 3.05) is 13.2 Å². The summed E-state index contributed by atoms with van der Waals surface area (Å²) in [6.07, 6.45) is 83.5. The zero-order valence-electron chi connectivity index (χ0n) is 47.4. The third-order valence-corrected chi connectivity index (χ3v) is 12.5. The molecule has 0 aliphatic rings. The van der Waals surface area contributed by atoms with Gasteiger partial charge in [-0.15, -0.1) is 0 Å². The molecule has 0 spiro atoms. The maximum atomic E-state index is 12.8. The average molecular weight is 1010 g/mol. The molecule has 0 aromatic heterocycles. The van der Waals surface area contributed by atoms with Gasteiger partial charge in [0.15, 0.2) is 6.10 Å². The van der Waals surface area contributed by atoms with Crippen molar-refractivity contribution in [3.63, 3.8) is 0 Å². The van der Waals surface area contributed by atoms with E-state index in [9.17, 15) is 14.4 Å². The molecule has 0 heterocycles. The minimum absolute atomic E-state index is 0.0906. The van der Waals surface area contributed by atoms with Gasteiger partial charge in [0.2, 0.25) is 0 Å². The minimum Gasteiger partial charge on any atom is -0.462 e. The van der Waals surface area contributed by atoms with E-state index in [1.807, 2.05) is 0 Å². The predicted octanol–water partition coefficient (Wildman–Crippen LogP) is 20.4. The van der Waals surface area contributed by atoms with E-state index in [0.717, 1.165) is 135 Å². The highest BCUT2D eigenvalue weighted by Crippen LogP contribution is 2.14. The molecule has 6 heteroatoms. The van der Waals surface area contributed by atoms with Gasteiger partial charge >= 0.3 is 17.9 Å². The Balaban J connectivity index is 4.29. The Morgan fingerprint density at radius 3 is 0.849 bits per heavy atom. The summed E-state index contributed by atoms with van der Waals surface area (Å²) in [6.45, 7) is 6.45. The van der Waals surface area contributed by atoms with E-state index >= 15 is 0 Å². The summed E-state index contributed by atoms with van der Waals surface area (Å²) >= 11 is 0. The second-order valence-electron chi connectivity index (χ2n) is 19.5. The van der Waals surface area contributed by atoms with E-state index in [0.29, 0.717) is 19.3 Å². The second kappa shape index (κ2) is 60.4. The van der Waals surface area contributed by atoms with E-state index in [4.69, 9.17) is 14.2 Å². The van der Waals surface area contributed by atoms with Crippen molar-refractivity contribution in [3.05, 3.63) is 122 Å². The van der Waals surface area contributed by atoms with Gasteiger partial charge in [-0.05, 0) is 116 Å². The molecule has 0 aromatic carbocycles. The molecule has 0 N–H and O–H groups in total. The monoisotopic (exact) mass is 1010 g/mol. The number of rotatable bonds is 53. The fourth-order valence-electron chi connectivity index (χ4n) is 7.96. The Morgan fingerprint density at radius 2 is 0.534 bits per heavy atom. The number of allylic oxidation sites excluding steroid dienone is 20. The third-order valence-electron chi connectivity index (χ3n) is 12.5. The molecular formula is C67H110O6. The van der Waals surface area contributed by atoms with Crippen LogP contribution in [-0.4, -0.2) is 37.2 Å². The van der Waals surface area contributed by atoms with Crippen LogP contribution in [0.3, 0.4) is 0 Å². The normalized spacial score (nSPS) is 13.0. The van der Waals surface area contributed by atoms with Crippen molar-refractivity contribution in [3.8, 4) is 0 Å². The van der Waals surface area contributed by atoms with E-state index in [1.165, 1.54) is 89.9 Å². The van der Waals surface area contributed by atoms with Crippen molar-refractivity contribution < 1.29 is 28.6 Å². The van der Waals surface area contributed by atoms with Crippen LogP contribution in [-0.2, 0) is 28.6 Å². The highest BCUT2D eigenvalue weighted by molar-refractivity contribution is 5.71. The number of unbranched alkanes of at least 4 members (excludes halogenated alkanes) is 22. The lowest BCUT2D eigenvalue weighted by atomic mass is 10.1. The molecule has 0 amide bonds. The Hall–Kier alpha value is -4.19. The fourth-order valence-corrected chi connectivity index (χ4v) is 7.96. The molecule has 1 unspecified atom stereocenters. The molecule has 414 valence electrons. The van der Waals surface area contributed by atoms with Crippen molar-refractivity contribution in [2.24, 2.45) is 0 Å². The van der Waals surface area contributed by atoms with Crippen molar-refractivity contribution in [1.82, 2.24) is 0 Å². The maximum absolute atomic E-state index is 12.8. The lowest BCUT2D eigenvalue weighted by Crippen LogP contribution is -2.30. The SMILES string of the molecule is CC/C=C\C/C=C\C/C=C\C/C=C\C/C=C\C/C=C\C/C=C\C/C=C\CCCCCCC(=O)OCC(COC(=O)CCCCCCCCCC)OC(=O)CCCCCCCCC/C=C\C/C=C\CCCCCC. The second-order valence-corrected chi connectivity index (χ2v) is 19.5. The van der Waals surface area contributed by atoms with E-state index in [2.05, 4.69) is 142 Å². The molecule has 6 nitrogen and oxygen atoms in total. The van der Waals surface area contributed by atoms with Gasteiger partial charge in [-0.25, -0.2) is 0 Å². The molecule has 0 radical (unpaired) electrons. The first kappa shape index (κ1) is 68.8. The summed E-state index contributed by atoms with van der Waals surface area (Å²) < 4.78 is 16.8. The standard InChI is InChI=1S/C67H110O6/c1-4-7-10-13-16-19-21-23-25-27-29-30-31-32-33-34-35-36-37-38-39-41-42-44-46-48-51-54-57-60-66(69)72-63-64(62-71-65(68)59-56-53-50-18-15-12-9-6-3)73-67(70)61-58-55-52-49-47-45-43-40-28-26-24-22-20-17-14-11-8-5-2/h7,10,16,19-20,22-23,25-26,28-30,32-33,35-36,38-39,42,44,64H,4-6,8-9,11-15,17-18,21,24,27,31,34,37,40-41,43,45-63H2,1-3H3/b10-7-,19-16-,22-20-,25-23-,28-26-,30-29-,33-32-,36-35-,39-38-,44-42-. The summed E-state index contributed by atoms with van der Waals surface area (Å²) in [5.74, 6) is -0.929. The van der Waals surface area contributed by atoms with E-state index in [1.54, 1.807) is 0 Å². The van der Waals surface area contributed by atoms with Crippen LogP contribution in [0.1, 0.15) is 265 Å². The highest BCUT2D eigenvalue weighted by atomic mass is 16.6. The van der Waals surface area contributed by atoms with Crippen LogP contribution in [0.5, 0.6) is 0 Å². The first-order chi connectivity index (χ1) is 36.0. The van der Waals surface area contributed by atoms with Crippen LogP contribution < -0.4 is 0 Å². The maximum Gasteiger partial charge on any atom is 0.306 e. The van der Waals surface area contributed by atoms with Crippen LogP contribution in [0, 0.1) is 0 Å². The largest absolute Gasteiger partial charge is 0.462 e. The van der Waals surface area contributed by atoms with E-state index < -0.39 is 6.10 Å². The number of esters is 3. The first-order valence-electron chi connectivity index (χ1n) is 30.0. The third kappa shape index (κ3) is 58.6. The number of carbonyl (C=O) groups excluding carboxylic acids is 3. The Morgan fingerprint density at radius 1 is 0.288 bits per heavy atom. The van der Waals surface area contributed by atoms with Crippen molar-refractivity contribution >= 4 is 17.9 Å². The van der Waals surface area contributed by atoms with Gasteiger partial charge in [0.25, 0.3) is 0 Å². The van der Waals surface area contributed by atoms with Gasteiger partial charge in [-0.2, -0.15) is 0 Å². The van der Waals surface area contributed by atoms with Crippen LogP contribution in [0.25, 0.3) is 0 Å². The number of hydrogen-bond donors (Lipinski definition) is 0. The summed E-state index contributed by atoms with van der Waals surface area (Å²) in [6, 6.07) is 0. The number of ether oxygens (including phenoxy) is 3. The summed E-state index contributed by atoms with van der Waals surface area (Å²) in [5, 5.41) is 0. The van der Waals surface area contributed by atoms with Gasteiger partial charge in [-0.1, -0.05) is 251 Å². The molecule has 0 bridgehead atoms. The minimum atomic E-state index is -0.794.